The molecule has 0 aliphatic rings. The first kappa shape index (κ1) is 11.0. The molecule has 0 aliphatic carbocycles. The van der Waals surface area contributed by atoms with Crippen LogP contribution in [0, 0.1) is 11.3 Å². The summed E-state index contributed by atoms with van der Waals surface area (Å²) in [5.74, 6) is -0.192. The standard InChI is InChI=1S/C13H10N2O2/c14-8-7-13(17)15-11-5-6-12(16)10-4-2-1-3-9(10)11/h1-6,16H,7H2,(H,15,17). The Kier molecular flexibility index (Phi) is 2.93. The number of rotatable bonds is 2. The van der Waals surface area contributed by atoms with E-state index in [1.807, 2.05) is 12.1 Å². The summed E-state index contributed by atoms with van der Waals surface area (Å²) in [6.07, 6.45) is -0.185. The van der Waals surface area contributed by atoms with Gasteiger partial charge < -0.3 is 10.4 Å². The number of aromatic hydroxyl groups is 1. The van der Waals surface area contributed by atoms with E-state index in [9.17, 15) is 9.90 Å². The highest BCUT2D eigenvalue weighted by atomic mass is 16.3. The molecule has 84 valence electrons. The molecule has 0 radical (unpaired) electrons. The van der Waals surface area contributed by atoms with E-state index in [4.69, 9.17) is 5.26 Å². The zero-order valence-electron chi connectivity index (χ0n) is 8.97. The van der Waals surface area contributed by atoms with Gasteiger partial charge in [-0.2, -0.15) is 5.26 Å². The Hall–Kier alpha value is -2.54. The van der Waals surface area contributed by atoms with Gasteiger partial charge in [0.1, 0.15) is 12.2 Å². The molecule has 1 amide bonds. The predicted octanol–water partition coefficient (Wildman–Crippen LogP) is 2.40. The second kappa shape index (κ2) is 4.54. The van der Waals surface area contributed by atoms with Gasteiger partial charge in [-0.3, -0.25) is 4.79 Å². The zero-order valence-corrected chi connectivity index (χ0v) is 8.97. The van der Waals surface area contributed by atoms with E-state index in [1.165, 1.54) is 6.07 Å². The first-order valence-electron chi connectivity index (χ1n) is 5.10. The van der Waals surface area contributed by atoms with Crippen LogP contribution < -0.4 is 5.32 Å². The van der Waals surface area contributed by atoms with Gasteiger partial charge in [-0.05, 0) is 12.1 Å². The van der Waals surface area contributed by atoms with Gasteiger partial charge in [-0.1, -0.05) is 24.3 Å². The molecule has 17 heavy (non-hydrogen) atoms. The Labute approximate surface area is 98.1 Å². The highest BCUT2D eigenvalue weighted by Crippen LogP contribution is 2.30. The number of hydrogen-bond acceptors (Lipinski definition) is 3. The minimum absolute atomic E-state index is 0.166. The first-order valence-corrected chi connectivity index (χ1v) is 5.10. The molecule has 4 heteroatoms. The summed E-state index contributed by atoms with van der Waals surface area (Å²) in [6, 6.07) is 12.1. The number of fused-ring (bicyclic) bond motifs is 1. The Morgan fingerprint density at radius 3 is 2.65 bits per heavy atom. The third-order valence-electron chi connectivity index (χ3n) is 2.41. The summed E-state index contributed by atoms with van der Waals surface area (Å²) in [7, 11) is 0. The van der Waals surface area contributed by atoms with E-state index in [2.05, 4.69) is 5.32 Å². The predicted molar refractivity (Wildman–Crippen MR) is 64.5 cm³/mol. The van der Waals surface area contributed by atoms with Crippen LogP contribution in [-0.2, 0) is 4.79 Å². The van der Waals surface area contributed by atoms with Crippen molar-refractivity contribution in [3.8, 4) is 11.8 Å². The maximum absolute atomic E-state index is 11.3. The van der Waals surface area contributed by atoms with Gasteiger partial charge in [-0.25, -0.2) is 0 Å². The SMILES string of the molecule is N#CCC(=O)Nc1ccc(O)c2ccccc12. The van der Waals surface area contributed by atoms with Crippen molar-refractivity contribution in [3.63, 3.8) is 0 Å². The number of hydrogen-bond donors (Lipinski definition) is 2. The number of anilines is 1. The van der Waals surface area contributed by atoms with Crippen molar-refractivity contribution in [2.75, 3.05) is 5.32 Å². The van der Waals surface area contributed by atoms with Crippen LogP contribution >= 0.6 is 0 Å². The summed E-state index contributed by atoms with van der Waals surface area (Å²) < 4.78 is 0. The third kappa shape index (κ3) is 2.18. The van der Waals surface area contributed by atoms with Gasteiger partial charge in [0.2, 0.25) is 5.91 Å². The Morgan fingerprint density at radius 1 is 1.24 bits per heavy atom. The summed E-state index contributed by atoms with van der Waals surface area (Å²) in [6.45, 7) is 0. The van der Waals surface area contributed by atoms with Crippen molar-refractivity contribution < 1.29 is 9.90 Å². The van der Waals surface area contributed by atoms with E-state index in [-0.39, 0.29) is 18.1 Å². The molecule has 2 aromatic rings. The van der Waals surface area contributed by atoms with Crippen LogP contribution in [0.25, 0.3) is 10.8 Å². The van der Waals surface area contributed by atoms with Crippen molar-refractivity contribution in [1.29, 1.82) is 5.26 Å². The molecular formula is C13H10N2O2. The van der Waals surface area contributed by atoms with Gasteiger partial charge in [0.15, 0.2) is 0 Å². The molecule has 0 spiro atoms. The lowest BCUT2D eigenvalue weighted by atomic mass is 10.1. The zero-order chi connectivity index (χ0) is 12.3. The van der Waals surface area contributed by atoms with E-state index in [0.717, 1.165) is 5.39 Å². The monoisotopic (exact) mass is 226 g/mol. The smallest absolute Gasteiger partial charge is 0.238 e. The van der Waals surface area contributed by atoms with Crippen LogP contribution in [0.15, 0.2) is 36.4 Å². The molecule has 4 nitrogen and oxygen atoms in total. The van der Waals surface area contributed by atoms with Gasteiger partial charge in [-0.15, -0.1) is 0 Å². The van der Waals surface area contributed by atoms with Gasteiger partial charge >= 0.3 is 0 Å². The molecule has 0 fully saturated rings. The lowest BCUT2D eigenvalue weighted by molar-refractivity contribution is -0.115. The second-order valence-electron chi connectivity index (χ2n) is 3.56. The minimum Gasteiger partial charge on any atom is -0.507 e. The highest BCUT2D eigenvalue weighted by Gasteiger charge is 2.07. The van der Waals surface area contributed by atoms with Crippen LogP contribution in [0.2, 0.25) is 0 Å². The molecule has 2 N–H and O–H groups in total. The normalized spacial score (nSPS) is 9.82. The lowest BCUT2D eigenvalue weighted by Crippen LogP contribution is -2.10. The third-order valence-corrected chi connectivity index (χ3v) is 2.41. The largest absolute Gasteiger partial charge is 0.507 e. The number of phenols is 1. The maximum Gasteiger partial charge on any atom is 0.238 e. The number of nitriles is 1. The second-order valence-corrected chi connectivity index (χ2v) is 3.56. The lowest BCUT2D eigenvalue weighted by Gasteiger charge is -2.08. The molecule has 0 atom stereocenters. The number of benzene rings is 2. The van der Waals surface area contributed by atoms with Crippen LogP contribution in [-0.4, -0.2) is 11.0 Å². The average molecular weight is 226 g/mol. The van der Waals surface area contributed by atoms with Crippen LogP contribution in [0.3, 0.4) is 0 Å². The Bertz CT molecular complexity index is 614. The molecule has 0 saturated carbocycles. The fraction of sp³-hybridized carbons (Fsp3) is 0.0769. The fourth-order valence-electron chi connectivity index (χ4n) is 1.66. The van der Waals surface area contributed by atoms with E-state index in [0.29, 0.717) is 11.1 Å². The van der Waals surface area contributed by atoms with E-state index >= 15 is 0 Å². The summed E-state index contributed by atoms with van der Waals surface area (Å²) >= 11 is 0. The average Bonchev–Trinajstić information content (AvgIpc) is 2.34. The Balaban J connectivity index is 2.45. The van der Waals surface area contributed by atoms with Gasteiger partial charge in [0.05, 0.1) is 6.07 Å². The summed E-state index contributed by atoms with van der Waals surface area (Å²) in [5, 5.41) is 22.1. The number of amides is 1. The van der Waals surface area contributed by atoms with Crippen LogP contribution in [0.4, 0.5) is 5.69 Å². The summed E-state index contributed by atoms with van der Waals surface area (Å²) in [4.78, 5) is 11.3. The van der Waals surface area contributed by atoms with Crippen molar-refractivity contribution in [1.82, 2.24) is 0 Å². The highest BCUT2D eigenvalue weighted by molar-refractivity contribution is 6.04. The minimum atomic E-state index is -0.358. The van der Waals surface area contributed by atoms with Crippen molar-refractivity contribution >= 4 is 22.4 Å². The Morgan fingerprint density at radius 2 is 1.94 bits per heavy atom. The van der Waals surface area contributed by atoms with E-state index < -0.39 is 0 Å². The molecule has 0 aliphatic heterocycles. The molecule has 2 rings (SSSR count). The number of carbonyl (C=O) groups is 1. The van der Waals surface area contributed by atoms with Gasteiger partial charge in [0.25, 0.3) is 0 Å². The number of nitrogens with one attached hydrogen (secondary N) is 1. The molecular weight excluding hydrogens is 216 g/mol. The topological polar surface area (TPSA) is 73.1 Å². The number of nitrogens with zero attached hydrogens (tertiary/aromatic N) is 1. The molecule has 0 bridgehead atoms. The molecule has 2 aromatic carbocycles. The quantitative estimate of drug-likeness (QED) is 0.772. The van der Waals surface area contributed by atoms with Crippen LogP contribution in [0.1, 0.15) is 6.42 Å². The van der Waals surface area contributed by atoms with E-state index in [1.54, 1.807) is 24.3 Å². The molecule has 0 heterocycles. The van der Waals surface area contributed by atoms with Crippen molar-refractivity contribution in [2.24, 2.45) is 0 Å². The van der Waals surface area contributed by atoms with Gasteiger partial charge in [0, 0.05) is 16.5 Å². The molecule has 0 unspecified atom stereocenters. The molecule has 0 aromatic heterocycles. The maximum atomic E-state index is 11.3. The fourth-order valence-corrected chi connectivity index (χ4v) is 1.66. The number of phenolic OH excluding ortho intramolecular Hbond substituents is 1. The first-order chi connectivity index (χ1) is 8.22. The number of carbonyl (C=O) groups excluding carboxylic acids is 1. The van der Waals surface area contributed by atoms with Crippen LogP contribution in [0.5, 0.6) is 5.75 Å². The van der Waals surface area contributed by atoms with Crippen molar-refractivity contribution in [2.45, 2.75) is 6.42 Å². The summed E-state index contributed by atoms with van der Waals surface area (Å²) in [5.41, 5.74) is 0.596. The van der Waals surface area contributed by atoms with Crippen molar-refractivity contribution in [3.05, 3.63) is 36.4 Å². The molecule has 0 saturated heterocycles.